The molecule has 11 heavy (non-hydrogen) atoms. The molecule has 0 aromatic heterocycles. The maximum absolute atomic E-state index is 3.60. The van der Waals surface area contributed by atoms with Crippen molar-refractivity contribution in [3.63, 3.8) is 0 Å². The van der Waals surface area contributed by atoms with Crippen molar-refractivity contribution in [1.82, 2.24) is 5.32 Å². The highest BCUT2D eigenvalue weighted by atomic mass is 127. The van der Waals surface area contributed by atoms with Crippen molar-refractivity contribution >= 4 is 22.6 Å². The minimum atomic E-state index is 0.658. The molecule has 1 fully saturated rings. The summed E-state index contributed by atoms with van der Waals surface area (Å²) in [6, 6.07) is 1.46. The van der Waals surface area contributed by atoms with E-state index in [4.69, 9.17) is 0 Å². The molecule has 66 valence electrons. The van der Waals surface area contributed by atoms with Crippen molar-refractivity contribution in [2.75, 3.05) is 0 Å². The number of halogens is 1. The first-order valence-electron chi connectivity index (χ1n) is 4.58. The van der Waals surface area contributed by atoms with E-state index in [-0.39, 0.29) is 0 Å². The minimum absolute atomic E-state index is 0.658. The molecule has 0 unspecified atom stereocenters. The standard InChI is InChI=1S/C9H18IN/c1-7(2)11-9-5-3-8(10)4-6-9/h7-9,11H,3-6H2,1-2H3. The molecule has 0 aromatic rings. The van der Waals surface area contributed by atoms with Crippen molar-refractivity contribution < 1.29 is 0 Å². The molecule has 2 heteroatoms. The number of hydrogen-bond acceptors (Lipinski definition) is 1. The summed E-state index contributed by atoms with van der Waals surface area (Å²) < 4.78 is 0.942. The number of nitrogens with one attached hydrogen (secondary N) is 1. The van der Waals surface area contributed by atoms with Gasteiger partial charge in [0.25, 0.3) is 0 Å². The zero-order valence-corrected chi connectivity index (χ0v) is 9.60. The van der Waals surface area contributed by atoms with Crippen molar-refractivity contribution in [1.29, 1.82) is 0 Å². The van der Waals surface area contributed by atoms with Crippen LogP contribution in [0.1, 0.15) is 39.5 Å². The summed E-state index contributed by atoms with van der Waals surface area (Å²) in [6.45, 7) is 4.46. The second-order valence-electron chi connectivity index (χ2n) is 3.77. The van der Waals surface area contributed by atoms with Gasteiger partial charge >= 0.3 is 0 Å². The third-order valence-corrected chi connectivity index (χ3v) is 3.47. The average molecular weight is 267 g/mol. The molecule has 0 radical (unpaired) electrons. The second kappa shape index (κ2) is 4.65. The van der Waals surface area contributed by atoms with Crippen LogP contribution in [0, 0.1) is 0 Å². The van der Waals surface area contributed by atoms with Crippen molar-refractivity contribution in [3.8, 4) is 0 Å². The SMILES string of the molecule is CC(C)NC1CCC(I)CC1. The predicted octanol–water partition coefficient (Wildman–Crippen LogP) is 2.73. The van der Waals surface area contributed by atoms with Crippen LogP contribution < -0.4 is 5.32 Å². The van der Waals surface area contributed by atoms with E-state index in [0.717, 1.165) is 9.97 Å². The minimum Gasteiger partial charge on any atom is -0.312 e. The first kappa shape index (κ1) is 9.78. The Morgan fingerprint density at radius 1 is 1.18 bits per heavy atom. The average Bonchev–Trinajstić information content (AvgIpc) is 1.93. The summed E-state index contributed by atoms with van der Waals surface area (Å²) in [5.74, 6) is 0. The van der Waals surface area contributed by atoms with Gasteiger partial charge in [0.05, 0.1) is 0 Å². The third kappa shape index (κ3) is 3.74. The summed E-state index contributed by atoms with van der Waals surface area (Å²) in [5, 5.41) is 3.60. The zero-order chi connectivity index (χ0) is 8.27. The Labute approximate surface area is 83.5 Å². The molecule has 0 heterocycles. The molecular formula is C9H18IN. The fourth-order valence-electron chi connectivity index (χ4n) is 1.69. The summed E-state index contributed by atoms with van der Waals surface area (Å²) in [4.78, 5) is 0. The van der Waals surface area contributed by atoms with Gasteiger partial charge in [0, 0.05) is 16.0 Å². The van der Waals surface area contributed by atoms with E-state index in [2.05, 4.69) is 41.8 Å². The monoisotopic (exact) mass is 267 g/mol. The van der Waals surface area contributed by atoms with Gasteiger partial charge in [-0.15, -0.1) is 0 Å². The molecule has 1 aliphatic rings. The maximum Gasteiger partial charge on any atom is 0.0111 e. The molecule has 1 aliphatic carbocycles. The topological polar surface area (TPSA) is 12.0 Å². The van der Waals surface area contributed by atoms with E-state index < -0.39 is 0 Å². The van der Waals surface area contributed by atoms with Crippen LogP contribution in [0.4, 0.5) is 0 Å². The fraction of sp³-hybridized carbons (Fsp3) is 1.00. The van der Waals surface area contributed by atoms with Gasteiger partial charge < -0.3 is 5.32 Å². The van der Waals surface area contributed by atoms with E-state index in [1.165, 1.54) is 25.7 Å². The van der Waals surface area contributed by atoms with Gasteiger partial charge in [0.1, 0.15) is 0 Å². The smallest absolute Gasteiger partial charge is 0.0111 e. The lowest BCUT2D eigenvalue weighted by Crippen LogP contribution is -2.37. The van der Waals surface area contributed by atoms with Crippen LogP contribution in [0.15, 0.2) is 0 Å². The number of rotatable bonds is 2. The molecule has 0 amide bonds. The summed E-state index contributed by atoms with van der Waals surface area (Å²) in [6.07, 6.45) is 5.58. The molecule has 1 N–H and O–H groups in total. The van der Waals surface area contributed by atoms with Crippen molar-refractivity contribution in [2.45, 2.75) is 55.5 Å². The molecule has 1 saturated carbocycles. The molecule has 0 atom stereocenters. The van der Waals surface area contributed by atoms with Crippen molar-refractivity contribution in [2.24, 2.45) is 0 Å². The van der Waals surface area contributed by atoms with Crippen LogP contribution in [0.5, 0.6) is 0 Å². The van der Waals surface area contributed by atoms with E-state index in [1.54, 1.807) is 0 Å². The molecular weight excluding hydrogens is 249 g/mol. The highest BCUT2D eigenvalue weighted by Gasteiger charge is 2.18. The normalized spacial score (nSPS) is 32.7. The van der Waals surface area contributed by atoms with Gasteiger partial charge in [-0.05, 0) is 25.7 Å². The van der Waals surface area contributed by atoms with Crippen LogP contribution >= 0.6 is 22.6 Å². The lowest BCUT2D eigenvalue weighted by atomic mass is 9.95. The van der Waals surface area contributed by atoms with Crippen LogP contribution in [-0.4, -0.2) is 16.0 Å². The number of hydrogen-bond donors (Lipinski definition) is 1. The van der Waals surface area contributed by atoms with Gasteiger partial charge in [-0.3, -0.25) is 0 Å². The van der Waals surface area contributed by atoms with Gasteiger partial charge in [-0.25, -0.2) is 0 Å². The first-order valence-corrected chi connectivity index (χ1v) is 5.83. The Kier molecular flexibility index (Phi) is 4.13. The lowest BCUT2D eigenvalue weighted by Gasteiger charge is -2.27. The Morgan fingerprint density at radius 2 is 1.73 bits per heavy atom. The summed E-state index contributed by atoms with van der Waals surface area (Å²) >= 11 is 2.57. The van der Waals surface area contributed by atoms with E-state index in [1.807, 2.05) is 0 Å². The highest BCUT2D eigenvalue weighted by Crippen LogP contribution is 2.24. The second-order valence-corrected chi connectivity index (χ2v) is 5.53. The molecule has 0 aliphatic heterocycles. The van der Waals surface area contributed by atoms with Crippen LogP contribution in [0.3, 0.4) is 0 Å². The molecule has 0 aromatic carbocycles. The molecule has 1 rings (SSSR count). The van der Waals surface area contributed by atoms with Gasteiger partial charge in [0.15, 0.2) is 0 Å². The highest BCUT2D eigenvalue weighted by molar-refractivity contribution is 14.1. The first-order chi connectivity index (χ1) is 5.18. The summed E-state index contributed by atoms with van der Waals surface area (Å²) in [5.41, 5.74) is 0. The van der Waals surface area contributed by atoms with E-state index in [9.17, 15) is 0 Å². The van der Waals surface area contributed by atoms with Crippen LogP contribution in [-0.2, 0) is 0 Å². The fourth-order valence-corrected chi connectivity index (χ4v) is 2.41. The Bertz CT molecular complexity index is 106. The quantitative estimate of drug-likeness (QED) is 0.599. The van der Waals surface area contributed by atoms with Crippen LogP contribution in [0.25, 0.3) is 0 Å². The van der Waals surface area contributed by atoms with Gasteiger partial charge in [0.2, 0.25) is 0 Å². The largest absolute Gasteiger partial charge is 0.312 e. The van der Waals surface area contributed by atoms with Gasteiger partial charge in [-0.1, -0.05) is 36.4 Å². The van der Waals surface area contributed by atoms with E-state index >= 15 is 0 Å². The molecule has 0 spiro atoms. The van der Waals surface area contributed by atoms with Gasteiger partial charge in [-0.2, -0.15) is 0 Å². The molecule has 0 bridgehead atoms. The number of alkyl halides is 1. The van der Waals surface area contributed by atoms with E-state index in [0.29, 0.717) is 6.04 Å². The molecule has 1 nitrogen and oxygen atoms in total. The Hall–Kier alpha value is 0.690. The van der Waals surface area contributed by atoms with Crippen LogP contribution in [0.2, 0.25) is 0 Å². The lowest BCUT2D eigenvalue weighted by molar-refractivity contribution is 0.362. The zero-order valence-electron chi connectivity index (χ0n) is 7.44. The third-order valence-electron chi connectivity index (χ3n) is 2.23. The summed E-state index contributed by atoms with van der Waals surface area (Å²) in [7, 11) is 0. The molecule has 0 saturated heterocycles. The van der Waals surface area contributed by atoms with Crippen molar-refractivity contribution in [3.05, 3.63) is 0 Å². The Balaban J connectivity index is 2.17. The maximum atomic E-state index is 3.60. The Morgan fingerprint density at radius 3 is 2.18 bits per heavy atom. The predicted molar refractivity (Wildman–Crippen MR) is 58.3 cm³/mol.